The predicted octanol–water partition coefficient (Wildman–Crippen LogP) is 2.37. The molecule has 0 fully saturated rings. The van der Waals surface area contributed by atoms with Crippen LogP contribution >= 0.6 is 11.3 Å². The molecule has 72 valence electrons. The summed E-state index contributed by atoms with van der Waals surface area (Å²) in [7, 11) is 0. The maximum absolute atomic E-state index is 11.6. The van der Waals surface area contributed by atoms with E-state index in [0.717, 1.165) is 16.9 Å². The first-order valence-electron chi connectivity index (χ1n) is 4.44. The van der Waals surface area contributed by atoms with Crippen molar-refractivity contribution in [1.29, 1.82) is 0 Å². The van der Waals surface area contributed by atoms with E-state index in [2.05, 4.69) is 0 Å². The third-order valence-corrected chi connectivity index (χ3v) is 2.83. The van der Waals surface area contributed by atoms with Gasteiger partial charge in [-0.3, -0.25) is 4.79 Å². The molecule has 1 heterocycles. The van der Waals surface area contributed by atoms with E-state index in [9.17, 15) is 4.79 Å². The maximum Gasteiger partial charge on any atom is 0.164 e. The van der Waals surface area contributed by atoms with E-state index in [-0.39, 0.29) is 11.8 Å². The maximum atomic E-state index is 11.6. The number of carbonyl (C=O) groups is 1. The molecule has 1 aromatic rings. The summed E-state index contributed by atoms with van der Waals surface area (Å²) in [6, 6.07) is 2.01. The smallest absolute Gasteiger partial charge is 0.164 e. The van der Waals surface area contributed by atoms with Crippen LogP contribution in [-0.2, 0) is 0 Å². The number of hydrogen-bond acceptors (Lipinski definition) is 3. The summed E-state index contributed by atoms with van der Waals surface area (Å²) >= 11 is 1.61. The lowest BCUT2D eigenvalue weighted by Crippen LogP contribution is -2.16. The SMILES string of the molecule is Cc1sccc1C(=O)CCC(C)N. The zero-order valence-corrected chi connectivity index (χ0v) is 8.86. The molecule has 0 amide bonds. The van der Waals surface area contributed by atoms with Crippen LogP contribution < -0.4 is 5.73 Å². The van der Waals surface area contributed by atoms with Crippen LogP contribution in [0.25, 0.3) is 0 Å². The van der Waals surface area contributed by atoms with Crippen molar-refractivity contribution in [2.45, 2.75) is 32.7 Å². The number of thiophene rings is 1. The molecule has 13 heavy (non-hydrogen) atoms. The van der Waals surface area contributed by atoms with E-state index in [1.54, 1.807) is 11.3 Å². The quantitative estimate of drug-likeness (QED) is 0.753. The Morgan fingerprint density at radius 1 is 1.69 bits per heavy atom. The van der Waals surface area contributed by atoms with Crippen molar-refractivity contribution in [3.8, 4) is 0 Å². The Balaban J connectivity index is 2.54. The van der Waals surface area contributed by atoms with Crippen LogP contribution in [0.4, 0.5) is 0 Å². The Hall–Kier alpha value is -0.670. The van der Waals surface area contributed by atoms with Crippen molar-refractivity contribution < 1.29 is 4.79 Å². The lowest BCUT2D eigenvalue weighted by Gasteiger charge is -2.03. The minimum absolute atomic E-state index is 0.114. The second-order valence-electron chi connectivity index (χ2n) is 3.33. The standard InChI is InChI=1S/C10H15NOS/c1-7(11)3-4-10(12)9-5-6-13-8(9)2/h5-7H,3-4,11H2,1-2H3. The molecule has 1 rings (SSSR count). The molecule has 0 saturated carbocycles. The van der Waals surface area contributed by atoms with Crippen LogP contribution in [0.15, 0.2) is 11.4 Å². The molecule has 0 saturated heterocycles. The number of Topliss-reactive ketones (excluding diaryl/α,β-unsaturated/α-hetero) is 1. The highest BCUT2D eigenvalue weighted by Crippen LogP contribution is 2.17. The molecule has 0 aliphatic carbocycles. The Bertz CT molecular complexity index is 291. The van der Waals surface area contributed by atoms with E-state index in [1.165, 1.54) is 0 Å². The van der Waals surface area contributed by atoms with Crippen molar-refractivity contribution in [2.24, 2.45) is 5.73 Å². The van der Waals surface area contributed by atoms with Gasteiger partial charge in [-0.25, -0.2) is 0 Å². The van der Waals surface area contributed by atoms with Crippen molar-refractivity contribution in [1.82, 2.24) is 0 Å². The lowest BCUT2D eigenvalue weighted by atomic mass is 10.1. The third-order valence-electron chi connectivity index (χ3n) is 1.99. The van der Waals surface area contributed by atoms with Crippen LogP contribution in [0, 0.1) is 6.92 Å². The highest BCUT2D eigenvalue weighted by molar-refractivity contribution is 7.10. The largest absolute Gasteiger partial charge is 0.328 e. The zero-order valence-electron chi connectivity index (χ0n) is 8.04. The van der Waals surface area contributed by atoms with E-state index >= 15 is 0 Å². The Morgan fingerprint density at radius 3 is 2.85 bits per heavy atom. The zero-order chi connectivity index (χ0) is 9.84. The molecular weight excluding hydrogens is 182 g/mol. The van der Waals surface area contributed by atoms with Crippen LogP contribution in [-0.4, -0.2) is 11.8 Å². The highest BCUT2D eigenvalue weighted by Gasteiger charge is 2.10. The van der Waals surface area contributed by atoms with Crippen molar-refractivity contribution in [3.05, 3.63) is 21.9 Å². The minimum Gasteiger partial charge on any atom is -0.328 e. The molecule has 0 aromatic carbocycles. The van der Waals surface area contributed by atoms with Gasteiger partial charge in [-0.15, -0.1) is 11.3 Å². The molecular formula is C10H15NOS. The van der Waals surface area contributed by atoms with Gasteiger partial charge in [-0.1, -0.05) is 0 Å². The molecule has 0 spiro atoms. The van der Waals surface area contributed by atoms with Crippen LogP contribution in [0.5, 0.6) is 0 Å². The van der Waals surface area contributed by atoms with Gasteiger partial charge in [-0.2, -0.15) is 0 Å². The van der Waals surface area contributed by atoms with Gasteiger partial charge in [0, 0.05) is 22.9 Å². The summed E-state index contributed by atoms with van der Waals surface area (Å²) in [6.07, 6.45) is 1.34. The van der Waals surface area contributed by atoms with Crippen molar-refractivity contribution in [3.63, 3.8) is 0 Å². The third kappa shape index (κ3) is 2.94. The Labute approximate surface area is 82.8 Å². The summed E-state index contributed by atoms with van der Waals surface area (Å²) in [5, 5.41) is 1.95. The molecule has 0 bridgehead atoms. The molecule has 2 nitrogen and oxygen atoms in total. The van der Waals surface area contributed by atoms with Gasteiger partial charge < -0.3 is 5.73 Å². The van der Waals surface area contributed by atoms with Gasteiger partial charge in [0.05, 0.1) is 0 Å². The Kier molecular flexibility index (Phi) is 3.63. The molecule has 2 N–H and O–H groups in total. The number of ketones is 1. The van der Waals surface area contributed by atoms with Gasteiger partial charge in [-0.05, 0) is 31.7 Å². The minimum atomic E-state index is 0.114. The van der Waals surface area contributed by atoms with Gasteiger partial charge >= 0.3 is 0 Å². The molecule has 1 aromatic heterocycles. The first-order valence-corrected chi connectivity index (χ1v) is 5.32. The summed E-state index contributed by atoms with van der Waals surface area (Å²) in [5.74, 6) is 0.219. The van der Waals surface area contributed by atoms with Crippen LogP contribution in [0.1, 0.15) is 35.0 Å². The van der Waals surface area contributed by atoms with Gasteiger partial charge in [0.25, 0.3) is 0 Å². The predicted molar refractivity (Wildman–Crippen MR) is 56.3 cm³/mol. The van der Waals surface area contributed by atoms with Gasteiger partial charge in [0.1, 0.15) is 0 Å². The van der Waals surface area contributed by atoms with Crippen LogP contribution in [0.2, 0.25) is 0 Å². The van der Waals surface area contributed by atoms with Gasteiger partial charge in [0.2, 0.25) is 0 Å². The number of hydrogen-bond donors (Lipinski definition) is 1. The normalized spacial score (nSPS) is 12.8. The average molecular weight is 197 g/mol. The monoisotopic (exact) mass is 197 g/mol. The van der Waals surface area contributed by atoms with Crippen molar-refractivity contribution in [2.75, 3.05) is 0 Å². The average Bonchev–Trinajstić information content (AvgIpc) is 2.47. The number of rotatable bonds is 4. The second-order valence-corrected chi connectivity index (χ2v) is 4.45. The van der Waals surface area contributed by atoms with E-state index in [1.807, 2.05) is 25.3 Å². The first-order chi connectivity index (χ1) is 6.11. The summed E-state index contributed by atoms with van der Waals surface area (Å²) in [4.78, 5) is 12.7. The van der Waals surface area contributed by atoms with Crippen molar-refractivity contribution >= 4 is 17.1 Å². The topological polar surface area (TPSA) is 43.1 Å². The summed E-state index contributed by atoms with van der Waals surface area (Å²) in [6.45, 7) is 3.90. The molecule has 0 radical (unpaired) electrons. The summed E-state index contributed by atoms with van der Waals surface area (Å²) in [5.41, 5.74) is 6.45. The fourth-order valence-electron chi connectivity index (χ4n) is 1.17. The molecule has 3 heteroatoms. The molecule has 1 unspecified atom stereocenters. The Morgan fingerprint density at radius 2 is 2.38 bits per heavy atom. The van der Waals surface area contributed by atoms with Gasteiger partial charge in [0.15, 0.2) is 5.78 Å². The van der Waals surface area contributed by atoms with E-state index in [4.69, 9.17) is 5.73 Å². The first kappa shape index (κ1) is 10.4. The van der Waals surface area contributed by atoms with E-state index in [0.29, 0.717) is 6.42 Å². The second kappa shape index (κ2) is 4.53. The number of aryl methyl sites for hydroxylation is 1. The highest BCUT2D eigenvalue weighted by atomic mass is 32.1. The number of nitrogens with two attached hydrogens (primary N) is 1. The number of carbonyl (C=O) groups excluding carboxylic acids is 1. The fraction of sp³-hybridized carbons (Fsp3) is 0.500. The lowest BCUT2D eigenvalue weighted by molar-refractivity contribution is 0.0978. The molecule has 0 aliphatic rings. The summed E-state index contributed by atoms with van der Waals surface area (Å²) < 4.78 is 0. The van der Waals surface area contributed by atoms with E-state index < -0.39 is 0 Å². The molecule has 0 aliphatic heterocycles. The fourth-order valence-corrected chi connectivity index (χ4v) is 1.88. The molecule has 1 atom stereocenters. The van der Waals surface area contributed by atoms with Crippen LogP contribution in [0.3, 0.4) is 0 Å².